The van der Waals surface area contributed by atoms with Gasteiger partial charge in [-0.1, -0.05) is 11.6 Å². The summed E-state index contributed by atoms with van der Waals surface area (Å²) in [6.07, 6.45) is -0.0747. The van der Waals surface area contributed by atoms with Crippen LogP contribution in [0.3, 0.4) is 0 Å². The molecule has 1 rings (SSSR count). The number of benzene rings is 1. The van der Waals surface area contributed by atoms with Crippen LogP contribution in [-0.2, 0) is 9.53 Å². The van der Waals surface area contributed by atoms with E-state index in [1.165, 1.54) is 18.2 Å². The van der Waals surface area contributed by atoms with Gasteiger partial charge in [0.2, 0.25) is 0 Å². The molecule has 0 fully saturated rings. The van der Waals surface area contributed by atoms with E-state index in [2.05, 4.69) is 0 Å². The van der Waals surface area contributed by atoms with Gasteiger partial charge in [0.25, 0.3) is 5.69 Å². The van der Waals surface area contributed by atoms with Crippen molar-refractivity contribution in [3.8, 4) is 0 Å². The van der Waals surface area contributed by atoms with E-state index in [1.54, 1.807) is 6.92 Å². The van der Waals surface area contributed by atoms with Crippen molar-refractivity contribution in [1.29, 1.82) is 0 Å². The molecule has 98 valence electrons. The Morgan fingerprint density at radius 1 is 1.61 bits per heavy atom. The van der Waals surface area contributed by atoms with Crippen molar-refractivity contribution >= 4 is 23.3 Å². The van der Waals surface area contributed by atoms with Gasteiger partial charge in [-0.15, -0.1) is 0 Å². The monoisotopic (exact) mass is 272 g/mol. The molecule has 0 radical (unpaired) electrons. The Bertz CT molecular complexity index is 464. The molecule has 0 heterocycles. The van der Waals surface area contributed by atoms with Crippen molar-refractivity contribution < 1.29 is 14.5 Å². The highest BCUT2D eigenvalue weighted by atomic mass is 35.5. The molecule has 0 bridgehead atoms. The zero-order valence-corrected chi connectivity index (χ0v) is 10.5. The third-order valence-electron chi connectivity index (χ3n) is 2.28. The van der Waals surface area contributed by atoms with Gasteiger partial charge in [0.1, 0.15) is 0 Å². The number of nitrogens with two attached hydrogens (primary N) is 1. The van der Waals surface area contributed by atoms with Crippen LogP contribution in [0.5, 0.6) is 0 Å². The minimum Gasteiger partial charge on any atom is -0.466 e. The minimum absolute atomic E-state index is 0.0747. The lowest BCUT2D eigenvalue weighted by atomic mass is 10.0. The Morgan fingerprint density at radius 3 is 2.83 bits per heavy atom. The molecule has 0 amide bonds. The second-order valence-corrected chi connectivity index (χ2v) is 3.99. The smallest absolute Gasteiger partial charge is 0.307 e. The first-order valence-electron chi connectivity index (χ1n) is 5.30. The molecule has 0 saturated carbocycles. The highest BCUT2D eigenvalue weighted by Crippen LogP contribution is 2.27. The van der Waals surface area contributed by atoms with E-state index < -0.39 is 16.9 Å². The predicted molar refractivity (Wildman–Crippen MR) is 66.3 cm³/mol. The van der Waals surface area contributed by atoms with Crippen LogP contribution in [0.1, 0.15) is 24.9 Å². The number of halogens is 1. The standard InChI is InChI=1S/C11H13ClN2O4/c1-2-18-11(15)6-10(13)8-5-7(14(16)17)3-4-9(8)12/h3-5,10H,2,6,13H2,1H3/t10-/m1/s1. The number of nitrogens with zero attached hydrogens (tertiary/aromatic N) is 1. The zero-order valence-electron chi connectivity index (χ0n) is 9.76. The number of ether oxygens (including phenoxy) is 1. The van der Waals surface area contributed by atoms with E-state index in [4.69, 9.17) is 22.1 Å². The molecule has 2 N–H and O–H groups in total. The van der Waals surface area contributed by atoms with Gasteiger partial charge >= 0.3 is 5.97 Å². The fraction of sp³-hybridized carbons (Fsp3) is 0.364. The molecule has 0 saturated heterocycles. The quantitative estimate of drug-likeness (QED) is 0.503. The number of non-ortho nitro benzene ring substituents is 1. The summed E-state index contributed by atoms with van der Waals surface area (Å²) in [7, 11) is 0. The summed E-state index contributed by atoms with van der Waals surface area (Å²) in [5.74, 6) is -0.465. The van der Waals surface area contributed by atoms with Gasteiger partial charge < -0.3 is 10.5 Å². The van der Waals surface area contributed by atoms with E-state index in [-0.39, 0.29) is 23.7 Å². The van der Waals surface area contributed by atoms with E-state index in [1.807, 2.05) is 0 Å². The lowest BCUT2D eigenvalue weighted by Crippen LogP contribution is -2.17. The number of nitro benzene ring substituents is 1. The second-order valence-electron chi connectivity index (χ2n) is 3.58. The average molecular weight is 273 g/mol. The van der Waals surface area contributed by atoms with Crippen LogP contribution in [0.15, 0.2) is 18.2 Å². The molecule has 0 aromatic heterocycles. The van der Waals surface area contributed by atoms with E-state index in [0.717, 1.165) is 0 Å². The minimum atomic E-state index is -0.726. The fourth-order valence-corrected chi connectivity index (χ4v) is 1.70. The van der Waals surface area contributed by atoms with E-state index >= 15 is 0 Å². The number of hydrogen-bond donors (Lipinski definition) is 1. The molecule has 0 aliphatic rings. The average Bonchev–Trinajstić information content (AvgIpc) is 2.29. The molecule has 1 aromatic carbocycles. The largest absolute Gasteiger partial charge is 0.466 e. The molecule has 0 spiro atoms. The zero-order chi connectivity index (χ0) is 13.7. The summed E-state index contributed by atoms with van der Waals surface area (Å²) in [5.41, 5.74) is 6.03. The number of carbonyl (C=O) groups is 1. The third kappa shape index (κ3) is 3.68. The molecule has 18 heavy (non-hydrogen) atoms. The Labute approximate surface area is 109 Å². The van der Waals surface area contributed by atoms with Crippen molar-refractivity contribution in [3.05, 3.63) is 38.9 Å². The van der Waals surface area contributed by atoms with Gasteiger partial charge in [-0.25, -0.2) is 0 Å². The summed E-state index contributed by atoms with van der Waals surface area (Å²) in [5, 5.41) is 10.9. The van der Waals surface area contributed by atoms with E-state index in [0.29, 0.717) is 5.56 Å². The lowest BCUT2D eigenvalue weighted by molar-refractivity contribution is -0.384. The van der Waals surface area contributed by atoms with Gasteiger partial charge in [-0.3, -0.25) is 14.9 Å². The molecule has 1 aromatic rings. The highest BCUT2D eigenvalue weighted by molar-refractivity contribution is 6.31. The maximum atomic E-state index is 11.3. The second kappa shape index (κ2) is 6.32. The number of rotatable bonds is 5. The Hall–Kier alpha value is -1.66. The topological polar surface area (TPSA) is 95.5 Å². The first kappa shape index (κ1) is 14.4. The maximum absolute atomic E-state index is 11.3. The molecule has 0 unspecified atom stereocenters. The Kier molecular flexibility index (Phi) is 5.06. The first-order valence-corrected chi connectivity index (χ1v) is 5.68. The molecular weight excluding hydrogens is 260 g/mol. The summed E-state index contributed by atoms with van der Waals surface area (Å²) < 4.78 is 4.76. The molecular formula is C11H13ClN2O4. The first-order chi connectivity index (χ1) is 8.45. The van der Waals surface area contributed by atoms with Crippen LogP contribution in [-0.4, -0.2) is 17.5 Å². The van der Waals surface area contributed by atoms with Crippen LogP contribution < -0.4 is 5.73 Å². The number of nitro groups is 1. The predicted octanol–water partition coefficient (Wildman–Crippen LogP) is 2.20. The number of esters is 1. The SMILES string of the molecule is CCOC(=O)C[C@@H](N)c1cc([N+](=O)[O-])ccc1Cl. The van der Waals surface area contributed by atoms with Gasteiger partial charge in [-0.2, -0.15) is 0 Å². The van der Waals surface area contributed by atoms with Gasteiger partial charge in [-0.05, 0) is 18.6 Å². The summed E-state index contributed by atoms with van der Waals surface area (Å²) in [6.45, 7) is 1.94. The van der Waals surface area contributed by atoms with E-state index in [9.17, 15) is 14.9 Å². The Morgan fingerprint density at radius 2 is 2.28 bits per heavy atom. The van der Waals surface area contributed by atoms with Crippen molar-refractivity contribution in [2.45, 2.75) is 19.4 Å². The Balaban J connectivity index is 2.90. The third-order valence-corrected chi connectivity index (χ3v) is 2.63. The van der Waals surface area contributed by atoms with Crippen molar-refractivity contribution in [3.63, 3.8) is 0 Å². The van der Waals surface area contributed by atoms with Crippen LogP contribution in [0.4, 0.5) is 5.69 Å². The highest BCUT2D eigenvalue weighted by Gasteiger charge is 2.18. The van der Waals surface area contributed by atoms with Crippen LogP contribution in [0.25, 0.3) is 0 Å². The van der Waals surface area contributed by atoms with Crippen molar-refractivity contribution in [2.24, 2.45) is 5.73 Å². The maximum Gasteiger partial charge on any atom is 0.307 e. The summed E-state index contributed by atoms with van der Waals surface area (Å²) in [6, 6.07) is 3.21. The molecule has 6 nitrogen and oxygen atoms in total. The summed E-state index contributed by atoms with van der Waals surface area (Å²) in [4.78, 5) is 21.4. The van der Waals surface area contributed by atoms with Crippen LogP contribution in [0.2, 0.25) is 5.02 Å². The van der Waals surface area contributed by atoms with Gasteiger partial charge in [0.05, 0.1) is 18.0 Å². The van der Waals surface area contributed by atoms with Crippen LogP contribution >= 0.6 is 11.6 Å². The number of hydrogen-bond acceptors (Lipinski definition) is 5. The van der Waals surface area contributed by atoms with Crippen molar-refractivity contribution in [1.82, 2.24) is 0 Å². The molecule has 7 heteroatoms. The van der Waals surface area contributed by atoms with Gasteiger partial charge in [0.15, 0.2) is 0 Å². The lowest BCUT2D eigenvalue weighted by Gasteiger charge is -2.12. The molecule has 1 atom stereocenters. The fourth-order valence-electron chi connectivity index (χ4n) is 1.44. The van der Waals surface area contributed by atoms with Crippen molar-refractivity contribution in [2.75, 3.05) is 6.61 Å². The van der Waals surface area contributed by atoms with Crippen LogP contribution in [0, 0.1) is 10.1 Å². The summed E-state index contributed by atoms with van der Waals surface area (Å²) >= 11 is 5.90. The van der Waals surface area contributed by atoms with Gasteiger partial charge in [0, 0.05) is 23.2 Å². The molecule has 0 aliphatic heterocycles. The molecule has 0 aliphatic carbocycles. The normalized spacial score (nSPS) is 11.9. The number of carbonyl (C=O) groups excluding carboxylic acids is 1.